The molecule has 1 atom stereocenters. The van der Waals surface area contributed by atoms with Gasteiger partial charge in [0.05, 0.1) is 16.3 Å². The summed E-state index contributed by atoms with van der Waals surface area (Å²) in [6, 6.07) is 14.6. The highest BCUT2D eigenvalue weighted by Crippen LogP contribution is 2.38. The van der Waals surface area contributed by atoms with Gasteiger partial charge in [0.25, 0.3) is 11.8 Å². The SMILES string of the molecule is CN(C)C(=O)C1CCN(c2cccc3c2CCN(C(=O)/C(N)=C/Nc2cccc(Cl)c2F)C3C(=O)Nc2ccc(C(=O)O)cc2)CC1. The molecule has 3 aromatic rings. The molecule has 0 aromatic heterocycles. The Kier molecular flexibility index (Phi) is 10.00. The Labute approximate surface area is 276 Å². The predicted molar refractivity (Wildman–Crippen MR) is 178 cm³/mol. The van der Waals surface area contributed by atoms with Crippen LogP contribution in [0, 0.1) is 11.7 Å². The molecule has 3 aromatic carbocycles. The number of amides is 3. The van der Waals surface area contributed by atoms with Crippen LogP contribution in [0.4, 0.5) is 21.5 Å². The van der Waals surface area contributed by atoms with E-state index in [4.69, 9.17) is 17.3 Å². The Morgan fingerprint density at radius 2 is 1.68 bits per heavy atom. The molecule has 5 N–H and O–H groups in total. The first-order valence-electron chi connectivity index (χ1n) is 15.2. The van der Waals surface area contributed by atoms with Crippen LogP contribution in [0.5, 0.6) is 0 Å². The Morgan fingerprint density at radius 1 is 1.00 bits per heavy atom. The van der Waals surface area contributed by atoms with E-state index in [9.17, 15) is 28.7 Å². The van der Waals surface area contributed by atoms with Crippen molar-refractivity contribution in [2.24, 2.45) is 11.7 Å². The third kappa shape index (κ3) is 7.17. The number of benzene rings is 3. The Balaban J connectivity index is 1.45. The van der Waals surface area contributed by atoms with Gasteiger partial charge in [0.2, 0.25) is 5.91 Å². The topological polar surface area (TPSA) is 148 Å². The molecular formula is C34H36ClFN6O5. The fourth-order valence-corrected chi connectivity index (χ4v) is 6.26. The maximum Gasteiger partial charge on any atom is 0.335 e. The fourth-order valence-electron chi connectivity index (χ4n) is 6.09. The number of nitrogens with two attached hydrogens (primary N) is 1. The second-order valence-electron chi connectivity index (χ2n) is 11.7. The van der Waals surface area contributed by atoms with E-state index in [0.29, 0.717) is 43.6 Å². The van der Waals surface area contributed by atoms with Crippen molar-refractivity contribution >= 4 is 52.4 Å². The molecule has 0 bridgehead atoms. The summed E-state index contributed by atoms with van der Waals surface area (Å²) in [6.07, 6.45) is 3.00. The highest BCUT2D eigenvalue weighted by molar-refractivity contribution is 6.31. The smallest absolute Gasteiger partial charge is 0.335 e. The van der Waals surface area contributed by atoms with Crippen LogP contribution in [0.15, 0.2) is 72.6 Å². The van der Waals surface area contributed by atoms with Crippen molar-refractivity contribution < 1.29 is 28.7 Å². The van der Waals surface area contributed by atoms with Crippen LogP contribution in [0.3, 0.4) is 0 Å². The van der Waals surface area contributed by atoms with Gasteiger partial charge in [-0.1, -0.05) is 29.8 Å². The standard InChI is InChI=1S/C34H36ClFN6O5/c1-40(2)32(44)20-13-16-41(17-14-20)28-8-3-5-24-23(28)15-18-42(30(24)31(43)39-22-11-9-21(10-12-22)34(46)47)33(45)26(37)19-38-27-7-4-6-25(35)29(27)36/h3-12,19-20,30,38H,13-18,37H2,1-2H3,(H,39,43)(H,46,47)/b26-19-. The number of fused-ring (bicyclic) bond motifs is 1. The predicted octanol–water partition coefficient (Wildman–Crippen LogP) is 4.46. The zero-order valence-electron chi connectivity index (χ0n) is 26.0. The van der Waals surface area contributed by atoms with Gasteiger partial charge in [-0.05, 0) is 72.9 Å². The van der Waals surface area contributed by atoms with E-state index >= 15 is 0 Å². The molecular weight excluding hydrogens is 627 g/mol. The molecule has 13 heteroatoms. The van der Waals surface area contributed by atoms with Crippen molar-refractivity contribution in [2.45, 2.75) is 25.3 Å². The molecule has 1 saturated heterocycles. The first kappa shape index (κ1) is 33.3. The van der Waals surface area contributed by atoms with Gasteiger partial charge >= 0.3 is 5.97 Å². The number of hydrogen-bond acceptors (Lipinski definition) is 7. The molecule has 0 spiro atoms. The molecule has 2 heterocycles. The number of carbonyl (C=O) groups excluding carboxylic acids is 3. The van der Waals surface area contributed by atoms with Crippen LogP contribution in [-0.4, -0.2) is 72.3 Å². The number of nitrogens with one attached hydrogen (secondary N) is 2. The van der Waals surface area contributed by atoms with E-state index in [-0.39, 0.29) is 40.3 Å². The van der Waals surface area contributed by atoms with Gasteiger partial charge in [0, 0.05) is 57.2 Å². The van der Waals surface area contributed by atoms with Crippen molar-refractivity contribution in [1.29, 1.82) is 0 Å². The summed E-state index contributed by atoms with van der Waals surface area (Å²) in [5.41, 5.74) is 8.86. The lowest BCUT2D eigenvalue weighted by Gasteiger charge is -2.40. The summed E-state index contributed by atoms with van der Waals surface area (Å²) in [5.74, 6) is -2.90. The van der Waals surface area contributed by atoms with E-state index in [1.165, 1.54) is 47.5 Å². The van der Waals surface area contributed by atoms with Crippen LogP contribution in [0.1, 0.15) is 40.4 Å². The summed E-state index contributed by atoms with van der Waals surface area (Å²) in [5, 5.41) is 14.7. The molecule has 2 aliphatic heterocycles. The minimum absolute atomic E-state index is 0.0250. The van der Waals surface area contributed by atoms with Gasteiger partial charge in [-0.15, -0.1) is 0 Å². The average molecular weight is 663 g/mol. The molecule has 5 rings (SSSR count). The fraction of sp³-hybridized carbons (Fsp3) is 0.294. The van der Waals surface area contributed by atoms with Gasteiger partial charge in [-0.3, -0.25) is 14.4 Å². The Morgan fingerprint density at radius 3 is 2.34 bits per heavy atom. The van der Waals surface area contributed by atoms with Crippen molar-refractivity contribution in [1.82, 2.24) is 9.80 Å². The van der Waals surface area contributed by atoms with Crippen LogP contribution in [0.25, 0.3) is 0 Å². The second-order valence-corrected chi connectivity index (χ2v) is 12.1. The highest BCUT2D eigenvalue weighted by atomic mass is 35.5. The Hall–Kier alpha value is -5.10. The van der Waals surface area contributed by atoms with Crippen LogP contribution in [0.2, 0.25) is 5.02 Å². The van der Waals surface area contributed by atoms with E-state index in [2.05, 4.69) is 15.5 Å². The molecule has 47 heavy (non-hydrogen) atoms. The summed E-state index contributed by atoms with van der Waals surface area (Å²) >= 11 is 5.87. The first-order chi connectivity index (χ1) is 22.5. The van der Waals surface area contributed by atoms with Crippen LogP contribution < -0.4 is 21.3 Å². The van der Waals surface area contributed by atoms with E-state index in [1.54, 1.807) is 31.1 Å². The summed E-state index contributed by atoms with van der Waals surface area (Å²) in [7, 11) is 3.52. The van der Waals surface area contributed by atoms with Gasteiger partial charge in [0.15, 0.2) is 5.82 Å². The molecule has 0 saturated carbocycles. The van der Waals surface area contributed by atoms with Gasteiger partial charge < -0.3 is 36.2 Å². The maximum absolute atomic E-state index is 14.4. The zero-order valence-corrected chi connectivity index (χ0v) is 26.8. The van der Waals surface area contributed by atoms with Crippen LogP contribution in [-0.2, 0) is 20.8 Å². The number of piperidine rings is 1. The molecule has 11 nitrogen and oxygen atoms in total. The number of hydrogen-bond donors (Lipinski definition) is 4. The number of carboxylic acid groups (broad SMARTS) is 1. The molecule has 1 unspecified atom stereocenters. The van der Waals surface area contributed by atoms with E-state index in [0.717, 1.165) is 11.3 Å². The van der Waals surface area contributed by atoms with Gasteiger partial charge in [-0.25, -0.2) is 9.18 Å². The van der Waals surface area contributed by atoms with E-state index in [1.807, 2.05) is 12.1 Å². The summed E-state index contributed by atoms with van der Waals surface area (Å²) in [6.45, 7) is 1.49. The number of nitrogens with zero attached hydrogens (tertiary/aromatic N) is 3. The Bertz CT molecular complexity index is 1720. The van der Waals surface area contributed by atoms with Gasteiger partial charge in [0.1, 0.15) is 11.7 Å². The summed E-state index contributed by atoms with van der Waals surface area (Å²) < 4.78 is 14.4. The monoisotopic (exact) mass is 662 g/mol. The first-order valence-corrected chi connectivity index (χ1v) is 15.5. The molecule has 246 valence electrons. The quantitative estimate of drug-likeness (QED) is 0.259. The van der Waals surface area contributed by atoms with Crippen molar-refractivity contribution in [3.05, 3.63) is 100 Å². The average Bonchev–Trinajstić information content (AvgIpc) is 3.07. The highest BCUT2D eigenvalue weighted by Gasteiger charge is 2.38. The maximum atomic E-state index is 14.4. The summed E-state index contributed by atoms with van der Waals surface area (Å²) in [4.78, 5) is 56.9. The van der Waals surface area contributed by atoms with Crippen molar-refractivity contribution in [3.63, 3.8) is 0 Å². The second kappa shape index (κ2) is 14.1. The largest absolute Gasteiger partial charge is 0.478 e. The molecule has 2 aliphatic rings. The lowest BCUT2D eigenvalue weighted by Crippen LogP contribution is -2.47. The minimum Gasteiger partial charge on any atom is -0.478 e. The number of carbonyl (C=O) groups is 4. The number of rotatable bonds is 8. The van der Waals surface area contributed by atoms with Crippen LogP contribution >= 0.6 is 11.6 Å². The molecule has 3 amide bonds. The normalized spacial score (nSPS) is 16.7. The number of halogens is 2. The molecule has 0 aliphatic carbocycles. The van der Waals surface area contributed by atoms with E-state index < -0.39 is 29.6 Å². The van der Waals surface area contributed by atoms with Crippen molar-refractivity contribution in [2.75, 3.05) is 49.3 Å². The van der Waals surface area contributed by atoms with Gasteiger partial charge in [-0.2, -0.15) is 0 Å². The lowest BCUT2D eigenvalue weighted by atomic mass is 9.88. The molecule has 1 fully saturated rings. The number of anilines is 3. The minimum atomic E-state index is -1.10. The molecule has 0 radical (unpaired) electrons. The van der Waals surface area contributed by atoms with Crippen molar-refractivity contribution in [3.8, 4) is 0 Å². The number of aromatic carboxylic acids is 1. The zero-order chi connectivity index (χ0) is 33.8. The third-order valence-corrected chi connectivity index (χ3v) is 8.80. The lowest BCUT2D eigenvalue weighted by molar-refractivity contribution is -0.136. The number of carboxylic acids is 1. The third-order valence-electron chi connectivity index (χ3n) is 8.51.